The Bertz CT molecular complexity index is 968. The molecule has 2 atom stereocenters. The number of carbonyl (C=O) groups is 1. The fourth-order valence-electron chi connectivity index (χ4n) is 3.60. The number of hydrogen-bond acceptors (Lipinski definition) is 6. The van der Waals surface area contributed by atoms with Gasteiger partial charge in [0.25, 0.3) is 0 Å². The topological polar surface area (TPSA) is 88.6 Å². The zero-order chi connectivity index (χ0) is 21.9. The number of aromatic nitrogens is 1. The van der Waals surface area contributed by atoms with Gasteiger partial charge in [0.15, 0.2) is 0 Å². The van der Waals surface area contributed by atoms with Crippen molar-refractivity contribution in [1.29, 1.82) is 0 Å². The first kappa shape index (κ1) is 22.7. The molecular formula is C21H29N3O4S2. The van der Waals surface area contributed by atoms with Crippen molar-refractivity contribution in [3.63, 3.8) is 0 Å². The lowest BCUT2D eigenvalue weighted by molar-refractivity contribution is 0.00583. The molecule has 9 heteroatoms. The molecule has 7 nitrogen and oxygen atoms in total. The molecule has 2 aromatic rings. The Labute approximate surface area is 182 Å². The van der Waals surface area contributed by atoms with Crippen molar-refractivity contribution in [1.82, 2.24) is 14.6 Å². The molecule has 1 N–H and O–H groups in total. The van der Waals surface area contributed by atoms with Crippen molar-refractivity contribution in [3.05, 3.63) is 41.4 Å². The van der Waals surface area contributed by atoms with Crippen LogP contribution in [0.5, 0.6) is 0 Å². The highest BCUT2D eigenvalue weighted by molar-refractivity contribution is 7.88. The molecule has 3 rings (SSSR count). The highest BCUT2D eigenvalue weighted by atomic mass is 32.2. The zero-order valence-corrected chi connectivity index (χ0v) is 19.4. The number of nitrogens with one attached hydrogen (secondary N) is 1. The molecule has 164 valence electrons. The van der Waals surface area contributed by atoms with Crippen LogP contribution >= 0.6 is 11.3 Å². The van der Waals surface area contributed by atoms with E-state index < -0.39 is 21.7 Å². The monoisotopic (exact) mass is 451 g/mol. The van der Waals surface area contributed by atoms with Crippen molar-refractivity contribution in [2.75, 3.05) is 12.8 Å². The minimum Gasteiger partial charge on any atom is -0.444 e. The van der Waals surface area contributed by atoms with Gasteiger partial charge in [0, 0.05) is 30.0 Å². The molecule has 0 bridgehead atoms. The van der Waals surface area contributed by atoms with Gasteiger partial charge in [-0.3, -0.25) is 0 Å². The second-order valence-corrected chi connectivity index (χ2v) is 11.2. The molecule has 1 amide bonds. The maximum absolute atomic E-state index is 12.9. The number of nitrogens with zero attached hydrogens (tertiary/aromatic N) is 2. The van der Waals surface area contributed by atoms with Gasteiger partial charge in [0.05, 0.1) is 18.0 Å². The second kappa shape index (κ2) is 9.03. The molecule has 1 saturated heterocycles. The normalized spacial score (nSPS) is 20.2. The van der Waals surface area contributed by atoms with E-state index in [1.165, 1.54) is 0 Å². The fourth-order valence-corrected chi connectivity index (χ4v) is 5.26. The van der Waals surface area contributed by atoms with Crippen LogP contribution in [0.3, 0.4) is 0 Å². The molecule has 0 saturated carbocycles. The number of sulfonamides is 1. The van der Waals surface area contributed by atoms with Gasteiger partial charge < -0.3 is 9.64 Å². The van der Waals surface area contributed by atoms with Crippen LogP contribution in [0.4, 0.5) is 4.79 Å². The van der Waals surface area contributed by atoms with Crippen LogP contribution in [0, 0.1) is 0 Å². The number of thiazole rings is 1. The number of rotatable bonds is 5. The predicted octanol–water partition coefficient (Wildman–Crippen LogP) is 3.67. The van der Waals surface area contributed by atoms with E-state index in [2.05, 4.69) is 4.72 Å². The Balaban J connectivity index is 1.86. The van der Waals surface area contributed by atoms with E-state index in [4.69, 9.17) is 9.72 Å². The number of amides is 1. The molecule has 1 aromatic heterocycles. The summed E-state index contributed by atoms with van der Waals surface area (Å²) in [5, 5.41) is 2.87. The third-order valence-corrected chi connectivity index (χ3v) is 6.43. The highest BCUT2D eigenvalue weighted by Gasteiger charge is 2.38. The molecule has 0 aliphatic carbocycles. The minimum atomic E-state index is -3.42. The fraction of sp³-hybridized carbons (Fsp3) is 0.524. The van der Waals surface area contributed by atoms with E-state index in [0.29, 0.717) is 25.8 Å². The van der Waals surface area contributed by atoms with Crippen molar-refractivity contribution in [2.24, 2.45) is 0 Å². The first-order valence-electron chi connectivity index (χ1n) is 9.98. The summed E-state index contributed by atoms with van der Waals surface area (Å²) in [6, 6.07) is 9.15. The molecule has 1 aliphatic rings. The summed E-state index contributed by atoms with van der Waals surface area (Å²) >= 11 is 1.54. The summed E-state index contributed by atoms with van der Waals surface area (Å²) in [5.74, 6) is 0. The van der Waals surface area contributed by atoms with E-state index in [0.717, 1.165) is 22.5 Å². The molecule has 1 aromatic carbocycles. The predicted molar refractivity (Wildman–Crippen MR) is 119 cm³/mol. The quantitative estimate of drug-likeness (QED) is 0.749. The Morgan fingerprint density at radius 1 is 1.30 bits per heavy atom. The first-order valence-corrected chi connectivity index (χ1v) is 12.8. The lowest BCUT2D eigenvalue weighted by atomic mass is 9.94. The van der Waals surface area contributed by atoms with Crippen LogP contribution in [-0.2, 0) is 21.2 Å². The number of likely N-dealkylation sites (tertiary alicyclic amines) is 1. The number of ether oxygens (including phenoxy) is 1. The lowest BCUT2D eigenvalue weighted by Crippen LogP contribution is -2.58. The van der Waals surface area contributed by atoms with Crippen molar-refractivity contribution >= 4 is 27.5 Å². The summed E-state index contributed by atoms with van der Waals surface area (Å²) < 4.78 is 32.2. The maximum Gasteiger partial charge on any atom is 0.410 e. The second-order valence-electron chi connectivity index (χ2n) is 8.59. The molecule has 1 fully saturated rings. The van der Waals surface area contributed by atoms with Crippen molar-refractivity contribution < 1.29 is 17.9 Å². The maximum atomic E-state index is 12.9. The van der Waals surface area contributed by atoms with Crippen LogP contribution in [0.25, 0.3) is 10.6 Å². The van der Waals surface area contributed by atoms with E-state index in [-0.39, 0.29) is 12.1 Å². The van der Waals surface area contributed by atoms with Gasteiger partial charge in [0.1, 0.15) is 10.6 Å². The largest absolute Gasteiger partial charge is 0.444 e. The lowest BCUT2D eigenvalue weighted by Gasteiger charge is -2.41. The smallest absolute Gasteiger partial charge is 0.410 e. The van der Waals surface area contributed by atoms with Gasteiger partial charge >= 0.3 is 6.09 Å². The molecule has 0 spiro atoms. The van der Waals surface area contributed by atoms with Crippen molar-refractivity contribution in [2.45, 2.75) is 57.7 Å². The van der Waals surface area contributed by atoms with Gasteiger partial charge in [-0.1, -0.05) is 30.3 Å². The van der Waals surface area contributed by atoms with Crippen LogP contribution < -0.4 is 4.72 Å². The Kier molecular flexibility index (Phi) is 6.84. The zero-order valence-electron chi connectivity index (χ0n) is 17.8. The number of carbonyl (C=O) groups excluding carboxylic acids is 1. The summed E-state index contributed by atoms with van der Waals surface area (Å²) in [7, 11) is -3.42. The van der Waals surface area contributed by atoms with Gasteiger partial charge in [-0.2, -0.15) is 0 Å². The van der Waals surface area contributed by atoms with Gasteiger partial charge in [-0.25, -0.2) is 22.9 Å². The SMILES string of the molecule is CC(C)(C)OC(=O)N1CCC[C@@H](NS(C)(=O)=O)[C@H]1Cc1csc(-c2ccccc2)n1. The number of benzene rings is 1. The van der Waals surface area contributed by atoms with Crippen LogP contribution in [0.1, 0.15) is 39.3 Å². The van der Waals surface area contributed by atoms with E-state index in [1.54, 1.807) is 16.2 Å². The van der Waals surface area contributed by atoms with Crippen LogP contribution in [-0.4, -0.2) is 54.9 Å². The third-order valence-electron chi connectivity index (χ3n) is 4.76. The Morgan fingerprint density at radius 2 is 2.00 bits per heavy atom. The molecule has 0 unspecified atom stereocenters. The number of piperidine rings is 1. The standard InChI is InChI=1S/C21H29N3O4S2/c1-21(2,3)28-20(25)24-12-8-11-17(23-30(4,26)27)18(24)13-16-14-29-19(22-16)15-9-6-5-7-10-15/h5-7,9-10,14,17-18,23H,8,11-13H2,1-4H3/t17-,18-/m1/s1. The van der Waals surface area contributed by atoms with Gasteiger partial charge in [0.2, 0.25) is 10.0 Å². The average molecular weight is 452 g/mol. The van der Waals surface area contributed by atoms with Gasteiger partial charge in [-0.05, 0) is 33.6 Å². The molecule has 2 heterocycles. The summed E-state index contributed by atoms with van der Waals surface area (Å²) in [6.07, 6.45) is 2.54. The summed E-state index contributed by atoms with van der Waals surface area (Å²) in [4.78, 5) is 19.2. The molecule has 0 radical (unpaired) electrons. The van der Waals surface area contributed by atoms with Crippen molar-refractivity contribution in [3.8, 4) is 10.6 Å². The van der Waals surface area contributed by atoms with E-state index in [1.807, 2.05) is 56.5 Å². The average Bonchev–Trinajstić information content (AvgIpc) is 3.10. The Morgan fingerprint density at radius 3 is 2.63 bits per heavy atom. The van der Waals surface area contributed by atoms with Gasteiger partial charge in [-0.15, -0.1) is 11.3 Å². The minimum absolute atomic E-state index is 0.367. The molecule has 1 aliphatic heterocycles. The van der Waals surface area contributed by atoms with E-state index >= 15 is 0 Å². The first-order chi connectivity index (χ1) is 14.0. The summed E-state index contributed by atoms with van der Waals surface area (Å²) in [5.41, 5.74) is 1.24. The Hall–Kier alpha value is -1.97. The third kappa shape index (κ3) is 6.26. The highest BCUT2D eigenvalue weighted by Crippen LogP contribution is 2.28. The summed E-state index contributed by atoms with van der Waals surface area (Å²) in [6.45, 7) is 5.99. The van der Waals surface area contributed by atoms with E-state index in [9.17, 15) is 13.2 Å². The number of hydrogen-bond donors (Lipinski definition) is 1. The van der Waals surface area contributed by atoms with Crippen LogP contribution in [0.2, 0.25) is 0 Å². The molecular weight excluding hydrogens is 422 g/mol. The van der Waals surface area contributed by atoms with Crippen LogP contribution in [0.15, 0.2) is 35.7 Å². The molecule has 30 heavy (non-hydrogen) atoms.